The minimum absolute atomic E-state index is 0.0838. The zero-order valence-corrected chi connectivity index (χ0v) is 18.0. The zero-order chi connectivity index (χ0) is 19.9. The second kappa shape index (κ2) is 9.84. The predicted octanol–water partition coefficient (Wildman–Crippen LogP) is 4.50. The van der Waals surface area contributed by atoms with Crippen LogP contribution in [0, 0.1) is 20.8 Å². The number of nitrogens with zero attached hydrogens (tertiary/aromatic N) is 3. The van der Waals surface area contributed by atoms with Crippen LogP contribution in [0.4, 0.5) is 0 Å². The van der Waals surface area contributed by atoms with Gasteiger partial charge in [0.25, 0.3) is 5.91 Å². The number of amides is 1. The standard InChI is InChI=1S/C20H24N4O2S2/c1-13-11-27-18(23-13)8-4-5-9-21-19(25)16-7-6-10-22-20(16)28-12-17-14(2)24-26-15(17)3/h6-7,10-11H,4-5,8-9,12H2,1-3H3,(H,21,25). The van der Waals surface area contributed by atoms with Gasteiger partial charge in [-0.1, -0.05) is 5.16 Å². The molecule has 148 valence electrons. The number of hydrogen-bond donors (Lipinski definition) is 1. The average molecular weight is 417 g/mol. The van der Waals surface area contributed by atoms with Gasteiger partial charge in [0.1, 0.15) is 10.8 Å². The molecule has 0 unspecified atom stereocenters. The van der Waals surface area contributed by atoms with E-state index in [9.17, 15) is 4.79 Å². The Morgan fingerprint density at radius 2 is 2.14 bits per heavy atom. The van der Waals surface area contributed by atoms with E-state index in [1.807, 2.05) is 26.8 Å². The Labute approximate surface area is 173 Å². The van der Waals surface area contributed by atoms with E-state index in [0.717, 1.165) is 52.0 Å². The van der Waals surface area contributed by atoms with Gasteiger partial charge < -0.3 is 9.84 Å². The van der Waals surface area contributed by atoms with Crippen LogP contribution in [0.15, 0.2) is 33.3 Å². The zero-order valence-electron chi connectivity index (χ0n) is 16.3. The summed E-state index contributed by atoms with van der Waals surface area (Å²) < 4.78 is 5.20. The fourth-order valence-corrected chi connectivity index (χ4v) is 4.71. The van der Waals surface area contributed by atoms with Crippen molar-refractivity contribution in [1.82, 2.24) is 20.4 Å². The number of unbranched alkanes of at least 4 members (excludes halogenated alkanes) is 1. The third kappa shape index (κ3) is 5.42. The van der Waals surface area contributed by atoms with Gasteiger partial charge in [-0.3, -0.25) is 4.79 Å². The Morgan fingerprint density at radius 3 is 2.86 bits per heavy atom. The maximum atomic E-state index is 12.6. The lowest BCUT2D eigenvalue weighted by Crippen LogP contribution is -2.25. The molecule has 3 aromatic heterocycles. The van der Waals surface area contributed by atoms with Gasteiger partial charge in [0, 0.05) is 35.1 Å². The summed E-state index contributed by atoms with van der Waals surface area (Å²) in [7, 11) is 0. The highest BCUT2D eigenvalue weighted by molar-refractivity contribution is 7.98. The predicted molar refractivity (Wildman–Crippen MR) is 112 cm³/mol. The highest BCUT2D eigenvalue weighted by atomic mass is 32.2. The molecule has 0 aromatic carbocycles. The van der Waals surface area contributed by atoms with Crippen molar-refractivity contribution in [3.8, 4) is 0 Å². The first kappa shape index (κ1) is 20.5. The Kier molecular flexibility index (Phi) is 7.22. The number of aryl methyl sites for hydroxylation is 4. The monoisotopic (exact) mass is 416 g/mol. The largest absolute Gasteiger partial charge is 0.361 e. The number of thiazole rings is 1. The molecule has 3 heterocycles. The van der Waals surface area contributed by atoms with Crippen molar-refractivity contribution < 1.29 is 9.32 Å². The molecule has 0 saturated heterocycles. The highest BCUT2D eigenvalue weighted by Crippen LogP contribution is 2.27. The van der Waals surface area contributed by atoms with Gasteiger partial charge in [-0.2, -0.15) is 0 Å². The lowest BCUT2D eigenvalue weighted by molar-refractivity contribution is 0.0949. The molecular formula is C20H24N4O2S2. The van der Waals surface area contributed by atoms with Gasteiger partial charge in [0.05, 0.1) is 16.3 Å². The molecule has 0 bridgehead atoms. The summed E-state index contributed by atoms with van der Waals surface area (Å²) in [6, 6.07) is 3.61. The molecule has 3 rings (SSSR count). The Hall–Kier alpha value is -2.19. The van der Waals surface area contributed by atoms with Gasteiger partial charge in [-0.15, -0.1) is 23.1 Å². The van der Waals surface area contributed by atoms with Crippen LogP contribution in [-0.4, -0.2) is 27.6 Å². The van der Waals surface area contributed by atoms with Crippen LogP contribution in [-0.2, 0) is 12.2 Å². The van der Waals surface area contributed by atoms with Crippen molar-refractivity contribution in [2.75, 3.05) is 6.54 Å². The molecule has 1 amide bonds. The average Bonchev–Trinajstić information content (AvgIpc) is 3.25. The third-order valence-electron chi connectivity index (χ3n) is 4.32. The maximum Gasteiger partial charge on any atom is 0.254 e. The van der Waals surface area contributed by atoms with Gasteiger partial charge in [-0.05, 0) is 52.2 Å². The van der Waals surface area contributed by atoms with E-state index in [4.69, 9.17) is 4.52 Å². The lowest BCUT2D eigenvalue weighted by atomic mass is 10.2. The first-order valence-corrected chi connectivity index (χ1v) is 11.1. The summed E-state index contributed by atoms with van der Waals surface area (Å²) in [6.07, 6.45) is 4.60. The molecule has 0 fully saturated rings. The number of thioether (sulfide) groups is 1. The molecule has 28 heavy (non-hydrogen) atoms. The third-order valence-corrected chi connectivity index (χ3v) is 6.38. The van der Waals surface area contributed by atoms with Crippen LogP contribution in [0.2, 0.25) is 0 Å². The minimum Gasteiger partial charge on any atom is -0.361 e. The molecule has 0 spiro atoms. The van der Waals surface area contributed by atoms with Crippen molar-refractivity contribution in [1.29, 1.82) is 0 Å². The van der Waals surface area contributed by atoms with E-state index in [1.165, 1.54) is 11.8 Å². The maximum absolute atomic E-state index is 12.6. The Bertz CT molecular complexity index is 916. The molecule has 0 saturated carbocycles. The van der Waals surface area contributed by atoms with Crippen LogP contribution in [0.5, 0.6) is 0 Å². The second-order valence-electron chi connectivity index (χ2n) is 6.54. The van der Waals surface area contributed by atoms with Crippen LogP contribution in [0.3, 0.4) is 0 Å². The Balaban J connectivity index is 1.49. The lowest BCUT2D eigenvalue weighted by Gasteiger charge is -2.09. The Morgan fingerprint density at radius 1 is 1.29 bits per heavy atom. The molecule has 8 heteroatoms. The first-order chi connectivity index (χ1) is 13.5. The minimum atomic E-state index is -0.0838. The van der Waals surface area contributed by atoms with E-state index < -0.39 is 0 Å². The molecule has 3 aromatic rings. The molecule has 1 N–H and O–H groups in total. The number of carbonyl (C=O) groups is 1. The summed E-state index contributed by atoms with van der Waals surface area (Å²) in [4.78, 5) is 21.4. The van der Waals surface area contributed by atoms with Crippen molar-refractivity contribution in [3.05, 3.63) is 57.0 Å². The molecular weight excluding hydrogens is 392 g/mol. The molecule has 0 aliphatic carbocycles. The van der Waals surface area contributed by atoms with E-state index >= 15 is 0 Å². The molecule has 0 aliphatic rings. The van der Waals surface area contributed by atoms with Crippen molar-refractivity contribution >= 4 is 29.0 Å². The quantitative estimate of drug-likeness (QED) is 0.409. The summed E-state index contributed by atoms with van der Waals surface area (Å²) in [5.74, 6) is 1.40. The number of pyridine rings is 1. The highest BCUT2D eigenvalue weighted by Gasteiger charge is 2.15. The second-order valence-corrected chi connectivity index (χ2v) is 8.45. The van der Waals surface area contributed by atoms with Gasteiger partial charge in [0.2, 0.25) is 0 Å². The normalized spacial score (nSPS) is 11.0. The van der Waals surface area contributed by atoms with E-state index in [0.29, 0.717) is 17.9 Å². The summed E-state index contributed by atoms with van der Waals surface area (Å²) in [6.45, 7) is 6.47. The SMILES string of the molecule is Cc1csc(CCCCNC(=O)c2cccnc2SCc2c(C)noc2C)n1. The fraction of sp³-hybridized carbons (Fsp3) is 0.400. The summed E-state index contributed by atoms with van der Waals surface area (Å²) >= 11 is 3.22. The van der Waals surface area contributed by atoms with E-state index in [2.05, 4.69) is 25.8 Å². The number of carbonyl (C=O) groups excluding carboxylic acids is 1. The topological polar surface area (TPSA) is 80.9 Å². The van der Waals surface area contributed by atoms with Crippen molar-refractivity contribution in [2.24, 2.45) is 0 Å². The van der Waals surface area contributed by atoms with Crippen LogP contribution in [0.1, 0.15) is 50.9 Å². The smallest absolute Gasteiger partial charge is 0.254 e. The van der Waals surface area contributed by atoms with Gasteiger partial charge >= 0.3 is 0 Å². The molecule has 0 atom stereocenters. The van der Waals surface area contributed by atoms with Crippen molar-refractivity contribution in [2.45, 2.75) is 50.8 Å². The number of aromatic nitrogens is 3. The van der Waals surface area contributed by atoms with Crippen LogP contribution in [0.25, 0.3) is 0 Å². The van der Waals surface area contributed by atoms with Gasteiger partial charge in [0.15, 0.2) is 0 Å². The molecule has 0 aliphatic heterocycles. The van der Waals surface area contributed by atoms with Gasteiger partial charge in [-0.25, -0.2) is 9.97 Å². The summed E-state index contributed by atoms with van der Waals surface area (Å²) in [5, 5.41) is 10.9. The number of nitrogens with one attached hydrogen (secondary N) is 1. The van der Waals surface area contributed by atoms with E-state index in [1.54, 1.807) is 23.6 Å². The van der Waals surface area contributed by atoms with Crippen molar-refractivity contribution in [3.63, 3.8) is 0 Å². The van der Waals surface area contributed by atoms with E-state index in [-0.39, 0.29) is 5.91 Å². The number of rotatable bonds is 9. The fourth-order valence-electron chi connectivity index (χ4n) is 2.74. The summed E-state index contributed by atoms with van der Waals surface area (Å²) in [5.41, 5.74) is 3.61. The molecule has 6 nitrogen and oxygen atoms in total. The van der Waals surface area contributed by atoms with Crippen LogP contribution >= 0.6 is 23.1 Å². The first-order valence-electron chi connectivity index (χ1n) is 9.23. The molecule has 0 radical (unpaired) electrons. The van der Waals surface area contributed by atoms with Crippen LogP contribution < -0.4 is 5.32 Å². The number of hydrogen-bond acceptors (Lipinski definition) is 7.